The van der Waals surface area contributed by atoms with Crippen molar-refractivity contribution in [3.05, 3.63) is 64.7 Å². The molecule has 0 aliphatic heterocycles. The molecule has 0 heterocycles. The van der Waals surface area contributed by atoms with Crippen LogP contribution in [0, 0.1) is 6.92 Å². The quantitative estimate of drug-likeness (QED) is 0.566. The fraction of sp³-hybridized carbons (Fsp3) is 0.391. The summed E-state index contributed by atoms with van der Waals surface area (Å²) < 4.78 is 26.0. The molecule has 174 valence electrons. The topological polar surface area (TPSA) is 86.8 Å². The minimum atomic E-state index is -3.78. The number of hydrogen-bond acceptors (Lipinski definition) is 4. The SMILES string of the molecule is CCNC(=O)[C@@H](CC)N(Cc1ccc(C)cc1)C(=O)CN(c1cccc(Cl)c1)S(C)(=O)=O. The lowest BCUT2D eigenvalue weighted by molar-refractivity contribution is -0.140. The molecule has 2 aromatic carbocycles. The number of carbonyl (C=O) groups excluding carboxylic acids is 2. The average molecular weight is 480 g/mol. The summed E-state index contributed by atoms with van der Waals surface area (Å²) in [7, 11) is -3.78. The molecule has 0 radical (unpaired) electrons. The van der Waals surface area contributed by atoms with Crippen molar-refractivity contribution >= 4 is 39.1 Å². The Morgan fingerprint density at radius 2 is 1.75 bits per heavy atom. The van der Waals surface area contributed by atoms with Crippen LogP contribution in [0.5, 0.6) is 0 Å². The van der Waals surface area contributed by atoms with E-state index in [0.717, 1.165) is 21.7 Å². The second kappa shape index (κ2) is 11.3. The normalized spacial score (nSPS) is 12.2. The highest BCUT2D eigenvalue weighted by Crippen LogP contribution is 2.23. The van der Waals surface area contributed by atoms with Gasteiger partial charge in [0.25, 0.3) is 0 Å². The summed E-state index contributed by atoms with van der Waals surface area (Å²) in [5.41, 5.74) is 2.21. The van der Waals surface area contributed by atoms with Gasteiger partial charge in [0, 0.05) is 18.1 Å². The number of likely N-dealkylation sites (N-methyl/N-ethyl adjacent to an activating group) is 1. The summed E-state index contributed by atoms with van der Waals surface area (Å²) in [5.74, 6) is -0.752. The highest BCUT2D eigenvalue weighted by atomic mass is 35.5. The number of nitrogens with one attached hydrogen (secondary N) is 1. The van der Waals surface area contributed by atoms with E-state index in [2.05, 4.69) is 5.32 Å². The van der Waals surface area contributed by atoms with Gasteiger partial charge < -0.3 is 10.2 Å². The Morgan fingerprint density at radius 1 is 1.09 bits per heavy atom. The summed E-state index contributed by atoms with van der Waals surface area (Å²) in [6.07, 6.45) is 1.42. The van der Waals surface area contributed by atoms with E-state index >= 15 is 0 Å². The molecular weight excluding hydrogens is 450 g/mol. The Kier molecular flexibility index (Phi) is 9.09. The summed E-state index contributed by atoms with van der Waals surface area (Å²) in [6, 6.07) is 13.2. The predicted molar refractivity (Wildman–Crippen MR) is 128 cm³/mol. The van der Waals surface area contributed by atoms with Crippen LogP contribution in [0.1, 0.15) is 31.4 Å². The maximum atomic E-state index is 13.4. The van der Waals surface area contributed by atoms with Crippen molar-refractivity contribution in [1.29, 1.82) is 0 Å². The molecule has 1 atom stereocenters. The first kappa shape index (κ1) is 25.7. The van der Waals surface area contributed by atoms with Gasteiger partial charge >= 0.3 is 0 Å². The molecule has 0 fully saturated rings. The fourth-order valence-corrected chi connectivity index (χ4v) is 4.37. The average Bonchev–Trinajstić information content (AvgIpc) is 2.72. The number of benzene rings is 2. The summed E-state index contributed by atoms with van der Waals surface area (Å²) in [4.78, 5) is 27.6. The van der Waals surface area contributed by atoms with Crippen molar-refractivity contribution < 1.29 is 18.0 Å². The molecule has 2 aromatic rings. The Morgan fingerprint density at radius 3 is 2.28 bits per heavy atom. The van der Waals surface area contributed by atoms with Gasteiger partial charge in [-0.2, -0.15) is 0 Å². The maximum Gasteiger partial charge on any atom is 0.244 e. The standard InChI is InChI=1S/C23H30ClN3O4S/c1-5-21(23(29)25-6-2)26(15-18-12-10-17(3)11-13-18)22(28)16-27(32(4,30)31)20-9-7-8-19(24)14-20/h7-14,21H,5-6,15-16H2,1-4H3,(H,25,29)/t21-/m1/s1. The third kappa shape index (κ3) is 6.97. The number of carbonyl (C=O) groups is 2. The van der Waals surface area contributed by atoms with E-state index in [1.54, 1.807) is 25.1 Å². The zero-order valence-electron chi connectivity index (χ0n) is 18.8. The summed E-state index contributed by atoms with van der Waals surface area (Å²) in [5, 5.41) is 3.12. The molecule has 9 heteroatoms. The Labute approximate surface area is 195 Å². The molecule has 0 aliphatic rings. The van der Waals surface area contributed by atoms with Gasteiger partial charge in [-0.3, -0.25) is 13.9 Å². The van der Waals surface area contributed by atoms with E-state index in [0.29, 0.717) is 18.0 Å². The molecule has 1 N–H and O–H groups in total. The van der Waals surface area contributed by atoms with Crippen LogP contribution in [-0.2, 0) is 26.2 Å². The molecule has 7 nitrogen and oxygen atoms in total. The van der Waals surface area contributed by atoms with Gasteiger partial charge in [0.15, 0.2) is 0 Å². The molecule has 32 heavy (non-hydrogen) atoms. The van der Waals surface area contributed by atoms with E-state index in [4.69, 9.17) is 11.6 Å². The lowest BCUT2D eigenvalue weighted by Crippen LogP contribution is -2.52. The van der Waals surface area contributed by atoms with E-state index in [1.807, 2.05) is 38.1 Å². The van der Waals surface area contributed by atoms with Gasteiger partial charge in [-0.1, -0.05) is 54.4 Å². The van der Waals surface area contributed by atoms with Gasteiger partial charge in [-0.15, -0.1) is 0 Å². The highest BCUT2D eigenvalue weighted by Gasteiger charge is 2.31. The largest absolute Gasteiger partial charge is 0.355 e. The van der Waals surface area contributed by atoms with E-state index in [9.17, 15) is 18.0 Å². The molecule has 0 bridgehead atoms. The molecule has 2 rings (SSSR count). The smallest absolute Gasteiger partial charge is 0.244 e. The van der Waals surface area contributed by atoms with Gasteiger partial charge in [0.1, 0.15) is 12.6 Å². The van der Waals surface area contributed by atoms with Crippen molar-refractivity contribution in [2.24, 2.45) is 0 Å². The number of halogens is 1. The Hall–Kier alpha value is -2.58. The van der Waals surface area contributed by atoms with Crippen molar-refractivity contribution in [1.82, 2.24) is 10.2 Å². The van der Waals surface area contributed by atoms with Gasteiger partial charge in [-0.05, 0) is 44.0 Å². The van der Waals surface area contributed by atoms with Crippen LogP contribution in [0.4, 0.5) is 5.69 Å². The lowest BCUT2D eigenvalue weighted by atomic mass is 10.1. The molecule has 0 aromatic heterocycles. The zero-order chi connectivity index (χ0) is 23.9. The minimum absolute atomic E-state index is 0.182. The number of sulfonamides is 1. The van der Waals surface area contributed by atoms with Crippen molar-refractivity contribution in [2.45, 2.75) is 39.8 Å². The van der Waals surface area contributed by atoms with Crippen molar-refractivity contribution in [2.75, 3.05) is 23.7 Å². The first-order valence-corrected chi connectivity index (χ1v) is 12.7. The van der Waals surface area contributed by atoms with Crippen molar-refractivity contribution in [3.63, 3.8) is 0 Å². The molecule has 0 unspecified atom stereocenters. The molecule has 0 saturated heterocycles. The third-order valence-corrected chi connectivity index (χ3v) is 6.36. The van der Waals surface area contributed by atoms with Crippen molar-refractivity contribution in [3.8, 4) is 0 Å². The third-order valence-electron chi connectivity index (χ3n) is 4.99. The van der Waals surface area contributed by atoms with E-state index < -0.39 is 28.5 Å². The van der Waals surface area contributed by atoms with Crippen LogP contribution in [0.15, 0.2) is 48.5 Å². The van der Waals surface area contributed by atoms with E-state index in [1.165, 1.54) is 11.0 Å². The molecular formula is C23H30ClN3O4S. The van der Waals surface area contributed by atoms with Gasteiger partial charge in [-0.25, -0.2) is 8.42 Å². The Balaban J connectivity index is 2.42. The van der Waals surface area contributed by atoms with Crippen LogP contribution in [-0.4, -0.2) is 50.5 Å². The molecule has 0 aliphatic carbocycles. The maximum absolute atomic E-state index is 13.4. The monoisotopic (exact) mass is 479 g/mol. The van der Waals surface area contributed by atoms with Crippen LogP contribution in [0.2, 0.25) is 5.02 Å². The lowest BCUT2D eigenvalue weighted by Gasteiger charge is -2.32. The Bertz CT molecular complexity index is 1040. The predicted octanol–water partition coefficient (Wildman–Crippen LogP) is 3.36. The summed E-state index contributed by atoms with van der Waals surface area (Å²) >= 11 is 6.04. The number of nitrogens with zero attached hydrogens (tertiary/aromatic N) is 2. The second-order valence-corrected chi connectivity index (χ2v) is 9.92. The highest BCUT2D eigenvalue weighted by molar-refractivity contribution is 7.92. The van der Waals surface area contributed by atoms with Crippen LogP contribution in [0.3, 0.4) is 0 Å². The van der Waals surface area contributed by atoms with Crippen LogP contribution < -0.4 is 9.62 Å². The van der Waals surface area contributed by atoms with Crippen LogP contribution >= 0.6 is 11.6 Å². The molecule has 0 saturated carbocycles. The number of aryl methyl sites for hydroxylation is 1. The fourth-order valence-electron chi connectivity index (χ4n) is 3.35. The first-order chi connectivity index (χ1) is 15.1. The second-order valence-electron chi connectivity index (χ2n) is 7.58. The number of rotatable bonds is 10. The number of amides is 2. The first-order valence-electron chi connectivity index (χ1n) is 10.4. The van der Waals surface area contributed by atoms with Crippen LogP contribution in [0.25, 0.3) is 0 Å². The zero-order valence-corrected chi connectivity index (χ0v) is 20.4. The molecule has 2 amide bonds. The molecule has 0 spiro atoms. The summed E-state index contributed by atoms with van der Waals surface area (Å²) in [6.45, 7) is 5.76. The van der Waals surface area contributed by atoms with Gasteiger partial charge in [0.2, 0.25) is 21.8 Å². The number of hydrogen-bond donors (Lipinski definition) is 1. The minimum Gasteiger partial charge on any atom is -0.355 e. The van der Waals surface area contributed by atoms with E-state index in [-0.39, 0.29) is 18.1 Å². The number of anilines is 1. The van der Waals surface area contributed by atoms with Gasteiger partial charge in [0.05, 0.1) is 11.9 Å².